The number of hydrogen-bond donors (Lipinski definition) is 1. The molecule has 1 fully saturated rings. The van der Waals surface area contributed by atoms with Crippen molar-refractivity contribution in [3.63, 3.8) is 0 Å². The smallest absolute Gasteiger partial charge is 0.331 e. The number of nitrogens with one attached hydrogen (secondary N) is 1. The summed E-state index contributed by atoms with van der Waals surface area (Å²) in [7, 11) is 1.48. The first kappa shape index (κ1) is 13.9. The topological polar surface area (TPSA) is 38.3 Å². The summed E-state index contributed by atoms with van der Waals surface area (Å²) in [6, 6.07) is 9.96. The molecule has 19 heavy (non-hydrogen) atoms. The molecule has 104 valence electrons. The molecule has 2 unspecified atom stereocenters. The zero-order valence-corrected chi connectivity index (χ0v) is 11.8. The lowest BCUT2D eigenvalue weighted by molar-refractivity contribution is -0.149. The number of anilines is 1. The van der Waals surface area contributed by atoms with E-state index in [0.717, 1.165) is 31.4 Å². The summed E-state index contributed by atoms with van der Waals surface area (Å²) in [6.07, 6.45) is 5.21. The first-order valence-electron chi connectivity index (χ1n) is 7.14. The van der Waals surface area contributed by atoms with Gasteiger partial charge in [-0.3, -0.25) is 0 Å². The van der Waals surface area contributed by atoms with Gasteiger partial charge in [-0.1, -0.05) is 44.4 Å². The van der Waals surface area contributed by atoms with Crippen molar-refractivity contribution in [1.29, 1.82) is 0 Å². The van der Waals surface area contributed by atoms with E-state index < -0.39 is 5.54 Å². The molecule has 2 atom stereocenters. The number of rotatable bonds is 4. The summed E-state index contributed by atoms with van der Waals surface area (Å²) < 4.78 is 5.10. The highest BCUT2D eigenvalue weighted by molar-refractivity contribution is 5.85. The number of para-hydroxylation sites is 1. The van der Waals surface area contributed by atoms with E-state index in [4.69, 9.17) is 4.74 Å². The van der Waals surface area contributed by atoms with E-state index in [1.54, 1.807) is 0 Å². The number of methoxy groups -OCH3 is 1. The van der Waals surface area contributed by atoms with Crippen LogP contribution in [0.3, 0.4) is 0 Å². The third-order valence-electron chi connectivity index (χ3n) is 4.25. The minimum absolute atomic E-state index is 0.122. The van der Waals surface area contributed by atoms with E-state index in [-0.39, 0.29) is 5.97 Å². The molecule has 0 bridgehead atoms. The number of benzene rings is 1. The van der Waals surface area contributed by atoms with E-state index in [1.165, 1.54) is 13.5 Å². The first-order chi connectivity index (χ1) is 9.23. The molecule has 1 aromatic rings. The lowest BCUT2D eigenvalue weighted by Crippen LogP contribution is -2.54. The highest BCUT2D eigenvalue weighted by Gasteiger charge is 2.47. The third-order valence-corrected chi connectivity index (χ3v) is 4.25. The van der Waals surface area contributed by atoms with Crippen LogP contribution in [0.15, 0.2) is 30.3 Å². The Morgan fingerprint density at radius 2 is 2.11 bits per heavy atom. The number of hydrogen-bond acceptors (Lipinski definition) is 3. The number of esters is 1. The summed E-state index contributed by atoms with van der Waals surface area (Å²) in [6.45, 7) is 2.15. The molecule has 0 radical (unpaired) electrons. The summed E-state index contributed by atoms with van der Waals surface area (Å²) >= 11 is 0. The van der Waals surface area contributed by atoms with Gasteiger partial charge in [-0.25, -0.2) is 4.79 Å². The largest absolute Gasteiger partial charge is 0.467 e. The van der Waals surface area contributed by atoms with Crippen LogP contribution < -0.4 is 5.32 Å². The van der Waals surface area contributed by atoms with Crippen LogP contribution in [0, 0.1) is 5.92 Å². The number of ether oxygens (including phenoxy) is 1. The fraction of sp³-hybridized carbons (Fsp3) is 0.562. The fourth-order valence-corrected chi connectivity index (χ4v) is 3.24. The van der Waals surface area contributed by atoms with Crippen molar-refractivity contribution < 1.29 is 9.53 Å². The van der Waals surface area contributed by atoms with Gasteiger partial charge in [0.1, 0.15) is 5.54 Å². The Hall–Kier alpha value is -1.51. The maximum Gasteiger partial charge on any atom is 0.331 e. The molecular weight excluding hydrogens is 238 g/mol. The Bertz CT molecular complexity index is 418. The van der Waals surface area contributed by atoms with Crippen molar-refractivity contribution in [2.75, 3.05) is 12.4 Å². The zero-order chi connectivity index (χ0) is 13.7. The van der Waals surface area contributed by atoms with Crippen molar-refractivity contribution in [2.45, 2.75) is 44.6 Å². The Morgan fingerprint density at radius 1 is 1.37 bits per heavy atom. The van der Waals surface area contributed by atoms with Crippen LogP contribution in [-0.4, -0.2) is 18.6 Å². The second-order valence-corrected chi connectivity index (χ2v) is 5.30. The van der Waals surface area contributed by atoms with Crippen LogP contribution in [0.4, 0.5) is 5.69 Å². The van der Waals surface area contributed by atoms with E-state index in [1.807, 2.05) is 30.3 Å². The van der Waals surface area contributed by atoms with Crippen LogP contribution in [0.2, 0.25) is 0 Å². The van der Waals surface area contributed by atoms with Crippen molar-refractivity contribution in [3.05, 3.63) is 30.3 Å². The molecule has 1 aromatic carbocycles. The van der Waals surface area contributed by atoms with Gasteiger partial charge in [-0.05, 0) is 30.9 Å². The van der Waals surface area contributed by atoms with Crippen LogP contribution in [0.25, 0.3) is 0 Å². The maximum absolute atomic E-state index is 12.4. The molecule has 1 aliphatic rings. The van der Waals surface area contributed by atoms with E-state index in [0.29, 0.717) is 5.92 Å². The normalized spacial score (nSPS) is 26.7. The van der Waals surface area contributed by atoms with E-state index in [9.17, 15) is 4.79 Å². The molecule has 0 aliphatic heterocycles. The minimum atomic E-state index is -0.552. The SMILES string of the molecule is CCC1CCCCC1(Nc1ccccc1)C(=O)OC. The molecule has 3 nitrogen and oxygen atoms in total. The molecule has 0 spiro atoms. The summed E-state index contributed by atoms with van der Waals surface area (Å²) in [4.78, 5) is 12.4. The first-order valence-corrected chi connectivity index (χ1v) is 7.14. The molecule has 0 aromatic heterocycles. The Morgan fingerprint density at radius 3 is 2.74 bits per heavy atom. The standard InChI is InChI=1S/C16H23NO2/c1-3-13-9-7-8-12-16(13,15(18)19-2)17-14-10-5-4-6-11-14/h4-6,10-11,13,17H,3,7-9,12H2,1-2H3. The summed E-state index contributed by atoms with van der Waals surface area (Å²) in [5, 5.41) is 3.47. The van der Waals surface area contributed by atoms with Gasteiger partial charge in [0.2, 0.25) is 0 Å². The second-order valence-electron chi connectivity index (χ2n) is 5.30. The maximum atomic E-state index is 12.4. The Labute approximate surface area is 115 Å². The monoisotopic (exact) mass is 261 g/mol. The zero-order valence-electron chi connectivity index (χ0n) is 11.8. The van der Waals surface area contributed by atoms with Crippen molar-refractivity contribution >= 4 is 11.7 Å². The highest BCUT2D eigenvalue weighted by atomic mass is 16.5. The molecule has 1 N–H and O–H groups in total. The number of carbonyl (C=O) groups is 1. The molecule has 1 aliphatic carbocycles. The van der Waals surface area contributed by atoms with E-state index in [2.05, 4.69) is 12.2 Å². The Kier molecular flexibility index (Phi) is 4.46. The van der Waals surface area contributed by atoms with Gasteiger partial charge in [0.05, 0.1) is 7.11 Å². The number of carbonyl (C=O) groups excluding carboxylic acids is 1. The Balaban J connectivity index is 2.31. The average Bonchev–Trinajstić information content (AvgIpc) is 2.47. The van der Waals surface area contributed by atoms with Crippen LogP contribution >= 0.6 is 0 Å². The predicted octanol–water partition coefficient (Wildman–Crippen LogP) is 3.61. The average molecular weight is 261 g/mol. The quantitative estimate of drug-likeness (QED) is 0.841. The van der Waals surface area contributed by atoms with Crippen molar-refractivity contribution in [3.8, 4) is 0 Å². The van der Waals surface area contributed by atoms with Crippen LogP contribution in [-0.2, 0) is 9.53 Å². The molecule has 0 saturated heterocycles. The third kappa shape index (κ3) is 2.75. The summed E-state index contributed by atoms with van der Waals surface area (Å²) in [5.74, 6) is 0.219. The highest BCUT2D eigenvalue weighted by Crippen LogP contribution is 2.39. The van der Waals surface area contributed by atoms with Crippen molar-refractivity contribution in [1.82, 2.24) is 0 Å². The van der Waals surface area contributed by atoms with Crippen molar-refractivity contribution in [2.24, 2.45) is 5.92 Å². The molecular formula is C16H23NO2. The fourth-order valence-electron chi connectivity index (χ4n) is 3.24. The predicted molar refractivity (Wildman–Crippen MR) is 77.1 cm³/mol. The lowest BCUT2D eigenvalue weighted by atomic mass is 9.71. The van der Waals surface area contributed by atoms with E-state index >= 15 is 0 Å². The van der Waals surface area contributed by atoms with Crippen LogP contribution in [0.5, 0.6) is 0 Å². The molecule has 0 amide bonds. The molecule has 2 rings (SSSR count). The lowest BCUT2D eigenvalue weighted by Gasteiger charge is -2.42. The van der Waals surface area contributed by atoms with Gasteiger partial charge in [-0.15, -0.1) is 0 Å². The van der Waals surface area contributed by atoms with Gasteiger partial charge < -0.3 is 10.1 Å². The van der Waals surface area contributed by atoms with Gasteiger partial charge in [-0.2, -0.15) is 0 Å². The van der Waals surface area contributed by atoms with Gasteiger partial charge in [0.25, 0.3) is 0 Å². The molecule has 1 saturated carbocycles. The van der Waals surface area contributed by atoms with Crippen LogP contribution in [0.1, 0.15) is 39.0 Å². The van der Waals surface area contributed by atoms with Gasteiger partial charge in [0, 0.05) is 5.69 Å². The molecule has 3 heteroatoms. The van der Waals surface area contributed by atoms with Gasteiger partial charge in [0.15, 0.2) is 0 Å². The molecule has 0 heterocycles. The second kappa shape index (κ2) is 6.09. The minimum Gasteiger partial charge on any atom is -0.467 e. The van der Waals surface area contributed by atoms with Gasteiger partial charge >= 0.3 is 5.97 Å². The summed E-state index contributed by atoms with van der Waals surface area (Å²) in [5.41, 5.74) is 0.441.